The Bertz CT molecular complexity index is 1190. The van der Waals surface area contributed by atoms with E-state index in [4.69, 9.17) is 22.8 Å². The number of para-hydroxylation sites is 2. The number of hydrogen-bond acceptors (Lipinski definition) is 6. The molecule has 0 bridgehead atoms. The number of unbranched alkanes of at least 4 members (excludes halogenated alkanes) is 5. The van der Waals surface area contributed by atoms with Crippen molar-refractivity contribution in [3.8, 4) is 11.5 Å². The largest absolute Gasteiger partial charge is 0.508 e. The van der Waals surface area contributed by atoms with Gasteiger partial charge >= 0.3 is 0 Å². The Morgan fingerprint density at radius 2 is 1.46 bits per heavy atom. The molecule has 1 unspecified atom stereocenters. The van der Waals surface area contributed by atoms with Crippen LogP contribution in [0.3, 0.4) is 0 Å². The molecule has 182 valence electrons. The quantitative estimate of drug-likeness (QED) is 0.212. The molecule has 2 N–H and O–H groups in total. The average molecular weight is 488 g/mol. The molecule has 0 radical (unpaired) electrons. The predicted octanol–water partition coefficient (Wildman–Crippen LogP) is 7.05. The Kier molecular flexibility index (Phi) is 8.48. The van der Waals surface area contributed by atoms with E-state index in [0.29, 0.717) is 22.8 Å². The third-order valence-corrected chi connectivity index (χ3v) is 6.70. The molecule has 1 heterocycles. The number of nitrogens with zero attached hydrogens (tertiary/aromatic N) is 3. The van der Waals surface area contributed by atoms with Crippen molar-refractivity contribution in [1.82, 2.24) is 4.31 Å². The zero-order valence-corrected chi connectivity index (χ0v) is 21.0. The lowest BCUT2D eigenvalue weighted by Crippen LogP contribution is -2.32. The fourth-order valence-electron chi connectivity index (χ4n) is 4.29. The lowest BCUT2D eigenvalue weighted by molar-refractivity contribution is 0.436. The molecule has 0 spiro atoms. The second kappa shape index (κ2) is 11.9. The second-order valence-electron chi connectivity index (χ2n) is 8.90. The van der Waals surface area contributed by atoms with Gasteiger partial charge in [0.05, 0.1) is 5.56 Å². The molecule has 0 saturated heterocycles. The van der Waals surface area contributed by atoms with E-state index in [1.165, 1.54) is 44.1 Å². The Morgan fingerprint density at radius 1 is 0.800 bits per heavy atom. The molecule has 3 aromatic rings. The first-order valence-electron chi connectivity index (χ1n) is 12.4. The van der Waals surface area contributed by atoms with Crippen molar-refractivity contribution in [2.75, 3.05) is 0 Å². The number of amidine groups is 2. The van der Waals surface area contributed by atoms with Crippen LogP contribution in [0.15, 0.2) is 82.8 Å². The van der Waals surface area contributed by atoms with E-state index in [1.807, 2.05) is 18.2 Å². The van der Waals surface area contributed by atoms with E-state index >= 15 is 0 Å². The number of hydrogen-bond donors (Lipinski definition) is 3. The third-order valence-electron chi connectivity index (χ3n) is 6.30. The van der Waals surface area contributed by atoms with Crippen molar-refractivity contribution >= 4 is 24.5 Å². The predicted molar refractivity (Wildman–Crippen MR) is 146 cm³/mol. The van der Waals surface area contributed by atoms with Gasteiger partial charge in [0.1, 0.15) is 17.3 Å². The molecule has 0 aromatic heterocycles. The van der Waals surface area contributed by atoms with Crippen molar-refractivity contribution in [3.63, 3.8) is 0 Å². The van der Waals surface area contributed by atoms with Crippen molar-refractivity contribution in [2.45, 2.75) is 58.0 Å². The summed E-state index contributed by atoms with van der Waals surface area (Å²) in [6.07, 6.45) is 8.15. The van der Waals surface area contributed by atoms with Crippen LogP contribution in [0.5, 0.6) is 11.5 Å². The minimum absolute atomic E-state index is 0.104. The van der Waals surface area contributed by atoms with Crippen LogP contribution in [0.25, 0.3) is 0 Å². The molecule has 4 rings (SSSR count). The summed E-state index contributed by atoms with van der Waals surface area (Å²) in [6.45, 7) is 2.24. The first kappa shape index (κ1) is 24.9. The topological polar surface area (TPSA) is 68.4 Å². The standard InChI is InChI=1S/C29H33N3O2S/c1-2-3-4-5-6-7-12-21-17-19-22(20-18-21)28-30-27(23-13-8-10-15-25(23)33)31-29(32(28)35)24-14-9-11-16-26(24)34/h8-11,13-20,29,33-35H,2-7,12H2,1H3. The third kappa shape index (κ3) is 6.06. The number of benzene rings is 3. The summed E-state index contributed by atoms with van der Waals surface area (Å²) in [5, 5.41) is 21.0. The number of phenolic OH excluding ortho intramolecular Hbond substituents is 2. The van der Waals surface area contributed by atoms with Crippen molar-refractivity contribution in [1.29, 1.82) is 0 Å². The van der Waals surface area contributed by atoms with E-state index in [9.17, 15) is 10.2 Å². The van der Waals surface area contributed by atoms with Crippen LogP contribution >= 0.6 is 12.8 Å². The number of rotatable bonds is 10. The lowest BCUT2D eigenvalue weighted by Gasteiger charge is -2.31. The maximum atomic E-state index is 10.5. The first-order chi connectivity index (χ1) is 17.1. The number of phenols is 2. The number of aromatic hydroxyl groups is 2. The van der Waals surface area contributed by atoms with Gasteiger partial charge < -0.3 is 10.2 Å². The summed E-state index contributed by atoms with van der Waals surface area (Å²) in [4.78, 5) is 9.53. The summed E-state index contributed by atoms with van der Waals surface area (Å²) in [5.41, 5.74) is 3.35. The molecule has 0 saturated carbocycles. The Balaban J connectivity index is 1.60. The Hall–Kier alpha value is -3.25. The number of aryl methyl sites for hydroxylation is 1. The van der Waals surface area contributed by atoms with E-state index in [-0.39, 0.29) is 11.5 Å². The Morgan fingerprint density at radius 3 is 2.17 bits per heavy atom. The fraction of sp³-hybridized carbons (Fsp3) is 0.310. The first-order valence-corrected chi connectivity index (χ1v) is 12.8. The van der Waals surface area contributed by atoms with Crippen LogP contribution in [0.2, 0.25) is 0 Å². The molecule has 1 aliphatic rings. The van der Waals surface area contributed by atoms with Gasteiger partial charge in [-0.15, -0.1) is 0 Å². The fourth-order valence-corrected chi connectivity index (χ4v) is 4.63. The molecular weight excluding hydrogens is 454 g/mol. The molecule has 0 amide bonds. The van der Waals surface area contributed by atoms with Crippen LogP contribution in [0.4, 0.5) is 0 Å². The molecule has 1 atom stereocenters. The molecular formula is C29H33N3O2S. The van der Waals surface area contributed by atoms with Crippen LogP contribution in [0, 0.1) is 0 Å². The van der Waals surface area contributed by atoms with E-state index in [2.05, 4.69) is 31.2 Å². The van der Waals surface area contributed by atoms with Gasteiger partial charge in [0, 0.05) is 11.1 Å². The van der Waals surface area contributed by atoms with Crippen molar-refractivity contribution in [2.24, 2.45) is 9.98 Å². The Labute approximate surface area is 213 Å². The van der Waals surface area contributed by atoms with Gasteiger partial charge in [0.25, 0.3) is 0 Å². The molecule has 6 heteroatoms. The van der Waals surface area contributed by atoms with Gasteiger partial charge in [-0.3, -0.25) is 4.31 Å². The zero-order chi connectivity index (χ0) is 24.6. The summed E-state index contributed by atoms with van der Waals surface area (Å²) in [5.74, 6) is 1.24. The smallest absolute Gasteiger partial charge is 0.164 e. The normalized spacial score (nSPS) is 15.6. The zero-order valence-electron chi connectivity index (χ0n) is 20.1. The van der Waals surface area contributed by atoms with E-state index in [1.54, 1.807) is 34.6 Å². The highest BCUT2D eigenvalue weighted by Gasteiger charge is 2.29. The summed E-state index contributed by atoms with van der Waals surface area (Å²) in [7, 11) is 0. The van der Waals surface area contributed by atoms with Gasteiger partial charge in [-0.05, 0) is 36.6 Å². The van der Waals surface area contributed by atoms with Crippen LogP contribution in [-0.4, -0.2) is 26.2 Å². The van der Waals surface area contributed by atoms with Gasteiger partial charge in [-0.25, -0.2) is 9.98 Å². The summed E-state index contributed by atoms with van der Waals surface area (Å²) in [6, 6.07) is 22.5. The second-order valence-corrected chi connectivity index (χ2v) is 9.33. The van der Waals surface area contributed by atoms with Crippen LogP contribution in [0.1, 0.15) is 73.9 Å². The van der Waals surface area contributed by atoms with Gasteiger partial charge in [-0.1, -0.05) is 106 Å². The van der Waals surface area contributed by atoms with Crippen molar-refractivity contribution in [3.05, 3.63) is 95.1 Å². The molecule has 35 heavy (non-hydrogen) atoms. The lowest BCUT2D eigenvalue weighted by atomic mass is 10.0. The average Bonchev–Trinajstić information content (AvgIpc) is 2.88. The highest BCUT2D eigenvalue weighted by Crippen LogP contribution is 2.36. The minimum Gasteiger partial charge on any atom is -0.508 e. The van der Waals surface area contributed by atoms with Gasteiger partial charge in [-0.2, -0.15) is 0 Å². The summed E-state index contributed by atoms with van der Waals surface area (Å²) < 4.78 is 1.67. The SMILES string of the molecule is CCCCCCCCc1ccc(C2=NC(c3ccccc3O)=NC(c3ccccc3O)N2S)cc1. The highest BCUT2D eigenvalue weighted by atomic mass is 32.1. The molecule has 1 aliphatic heterocycles. The van der Waals surface area contributed by atoms with E-state index < -0.39 is 6.17 Å². The van der Waals surface area contributed by atoms with Gasteiger partial charge in [0.15, 0.2) is 12.0 Å². The monoisotopic (exact) mass is 487 g/mol. The molecule has 5 nitrogen and oxygen atoms in total. The molecule has 0 aliphatic carbocycles. The number of thiol groups is 1. The molecule has 3 aromatic carbocycles. The number of aliphatic imine (C=N–C) groups is 2. The minimum atomic E-state index is -0.607. The van der Waals surface area contributed by atoms with Gasteiger partial charge in [0.2, 0.25) is 0 Å². The van der Waals surface area contributed by atoms with Crippen molar-refractivity contribution < 1.29 is 10.2 Å². The molecule has 0 fully saturated rings. The van der Waals surface area contributed by atoms with E-state index in [0.717, 1.165) is 12.0 Å². The van der Waals surface area contributed by atoms with Crippen LogP contribution < -0.4 is 0 Å². The maximum absolute atomic E-state index is 10.5. The maximum Gasteiger partial charge on any atom is 0.164 e. The van der Waals surface area contributed by atoms with Crippen LogP contribution in [-0.2, 0) is 6.42 Å². The highest BCUT2D eigenvalue weighted by molar-refractivity contribution is 7.78. The summed E-state index contributed by atoms with van der Waals surface area (Å²) >= 11 is 4.74.